The summed E-state index contributed by atoms with van der Waals surface area (Å²) < 4.78 is 10.8. The number of carbonyl (C=O) groups is 4. The zero-order valence-corrected chi connectivity index (χ0v) is 30.3. The van der Waals surface area contributed by atoms with Crippen molar-refractivity contribution in [1.29, 1.82) is 0 Å². The Kier molecular flexibility index (Phi) is 15.2. The molecule has 0 saturated heterocycles. The number of nitrogens with one attached hydrogen (secondary N) is 4. The summed E-state index contributed by atoms with van der Waals surface area (Å²) in [7, 11) is 0. The molecule has 0 spiro atoms. The fourth-order valence-corrected chi connectivity index (χ4v) is 5.73. The van der Waals surface area contributed by atoms with Crippen molar-refractivity contribution in [2.75, 3.05) is 6.61 Å². The normalized spacial score (nSPS) is 14.1. The van der Waals surface area contributed by atoms with Crippen molar-refractivity contribution >= 4 is 34.6 Å². The van der Waals surface area contributed by atoms with Gasteiger partial charge in [0.1, 0.15) is 18.7 Å². The molecule has 3 aromatic carbocycles. The summed E-state index contributed by atoms with van der Waals surface area (Å²) in [6.07, 6.45) is 2.07. The molecule has 4 aromatic rings. The van der Waals surface area contributed by atoms with Crippen LogP contribution >= 0.6 is 0 Å². The summed E-state index contributed by atoms with van der Waals surface area (Å²) in [5.74, 6) is -1.49. The fourth-order valence-electron chi connectivity index (χ4n) is 5.73. The Labute approximate surface area is 305 Å². The van der Waals surface area contributed by atoms with Gasteiger partial charge in [0, 0.05) is 24.7 Å². The summed E-state index contributed by atoms with van der Waals surface area (Å²) in [4.78, 5) is 60.8. The highest BCUT2D eigenvalue weighted by atomic mass is 16.5. The number of hydrogen-bond acceptors (Lipinski definition) is 8. The number of aliphatic hydroxyl groups is 1. The van der Waals surface area contributed by atoms with E-state index in [4.69, 9.17) is 9.47 Å². The number of hydrogen-bond donors (Lipinski definition) is 5. The molecule has 52 heavy (non-hydrogen) atoms. The number of benzene rings is 3. The topological polar surface area (TPSA) is 172 Å². The van der Waals surface area contributed by atoms with Crippen LogP contribution in [0.25, 0.3) is 10.8 Å². The van der Waals surface area contributed by atoms with E-state index in [2.05, 4.69) is 25.9 Å². The van der Waals surface area contributed by atoms with Gasteiger partial charge in [-0.2, -0.15) is 0 Å². The number of aromatic nitrogens is 2. The highest BCUT2D eigenvalue weighted by Gasteiger charge is 2.32. The minimum atomic E-state index is -1.22. The van der Waals surface area contributed by atoms with E-state index in [1.165, 1.54) is 6.33 Å². The molecule has 12 heteroatoms. The number of carbonyl (C=O) groups excluding carboxylic acids is 4. The quantitative estimate of drug-likeness (QED) is 0.0846. The molecule has 0 fully saturated rings. The molecule has 4 rings (SSSR count). The van der Waals surface area contributed by atoms with Crippen molar-refractivity contribution in [3.63, 3.8) is 0 Å². The standard InChI is InChI=1S/C40H51N5O7/c1-5-27(4)23-51-37(47)21-36(46)33(18-26(2)3)43-39(49)35(20-31-22-41-25-42-31)44-38(48)34(45-40(50)52-24-28-12-7-6-8-13-28)19-30-16-11-15-29-14-9-10-17-32(29)30/h6-17,22,25-27,33-36,46H,5,18-21,23-24H2,1-4H3,(H,41,42)(H,43,49)(H,44,48)(H,45,50)/t27?,33?,34-,35-,36?/m0/s1. The van der Waals surface area contributed by atoms with Gasteiger partial charge >= 0.3 is 12.1 Å². The van der Waals surface area contributed by atoms with Crippen LogP contribution in [0.4, 0.5) is 4.79 Å². The van der Waals surface area contributed by atoms with Crippen molar-refractivity contribution in [1.82, 2.24) is 25.9 Å². The number of rotatable bonds is 19. The van der Waals surface area contributed by atoms with Crippen LogP contribution in [-0.4, -0.2) is 69.8 Å². The average Bonchev–Trinajstić information content (AvgIpc) is 3.65. The molecule has 1 aromatic heterocycles. The lowest BCUT2D eigenvalue weighted by Crippen LogP contribution is -2.57. The molecule has 5 atom stereocenters. The SMILES string of the molecule is CCC(C)COC(=O)CC(O)C(CC(C)C)NC(=O)[C@H](Cc1cnc[nH]1)NC(=O)[C@H](Cc1cccc2ccccc12)NC(=O)OCc1ccccc1. The van der Waals surface area contributed by atoms with Gasteiger partial charge in [-0.05, 0) is 40.2 Å². The average molecular weight is 714 g/mol. The van der Waals surface area contributed by atoms with E-state index in [-0.39, 0.29) is 44.3 Å². The maximum Gasteiger partial charge on any atom is 0.408 e. The molecule has 0 aliphatic carbocycles. The van der Waals surface area contributed by atoms with E-state index in [9.17, 15) is 24.3 Å². The van der Waals surface area contributed by atoms with E-state index >= 15 is 0 Å². The van der Waals surface area contributed by atoms with E-state index in [1.54, 1.807) is 6.20 Å². The molecular weight excluding hydrogens is 662 g/mol. The van der Waals surface area contributed by atoms with E-state index in [1.807, 2.05) is 100 Å². The number of aliphatic hydroxyl groups excluding tert-OH is 1. The fraction of sp³-hybridized carbons (Fsp3) is 0.425. The van der Waals surface area contributed by atoms with Gasteiger partial charge in [0.25, 0.3) is 0 Å². The lowest BCUT2D eigenvalue weighted by Gasteiger charge is -2.28. The summed E-state index contributed by atoms with van der Waals surface area (Å²) in [6, 6.07) is 19.6. The maximum atomic E-state index is 14.1. The lowest BCUT2D eigenvalue weighted by molar-refractivity contribution is -0.148. The Morgan fingerprint density at radius 2 is 1.52 bits per heavy atom. The monoisotopic (exact) mass is 713 g/mol. The Bertz CT molecular complexity index is 1730. The number of esters is 1. The Morgan fingerprint density at radius 1 is 0.827 bits per heavy atom. The van der Waals surface area contributed by atoms with Crippen molar-refractivity contribution in [3.05, 3.63) is 102 Å². The molecule has 0 aliphatic rings. The molecular formula is C40H51N5O7. The van der Waals surface area contributed by atoms with E-state index in [0.717, 1.165) is 28.3 Å². The first-order chi connectivity index (χ1) is 25.0. The minimum absolute atomic E-state index is 0.00483. The van der Waals surface area contributed by atoms with Crippen LogP contribution in [0.5, 0.6) is 0 Å². The Balaban J connectivity index is 1.54. The number of ether oxygens (including phenoxy) is 2. The zero-order valence-electron chi connectivity index (χ0n) is 30.3. The number of imidazole rings is 1. The predicted molar refractivity (Wildman–Crippen MR) is 198 cm³/mol. The summed E-state index contributed by atoms with van der Waals surface area (Å²) >= 11 is 0. The lowest BCUT2D eigenvalue weighted by atomic mass is 9.96. The highest BCUT2D eigenvalue weighted by Crippen LogP contribution is 2.20. The number of aromatic amines is 1. The number of fused-ring (bicyclic) bond motifs is 1. The first-order valence-corrected chi connectivity index (χ1v) is 17.9. The Morgan fingerprint density at radius 3 is 2.23 bits per heavy atom. The first-order valence-electron chi connectivity index (χ1n) is 17.9. The highest BCUT2D eigenvalue weighted by molar-refractivity contribution is 5.93. The first kappa shape index (κ1) is 39.6. The molecule has 3 amide bonds. The second kappa shape index (κ2) is 20.0. The van der Waals surface area contributed by atoms with Crippen LogP contribution in [0.2, 0.25) is 0 Å². The van der Waals surface area contributed by atoms with Crippen LogP contribution in [0.1, 0.15) is 63.8 Å². The van der Waals surface area contributed by atoms with Gasteiger partial charge in [-0.3, -0.25) is 14.4 Å². The second-order valence-corrected chi connectivity index (χ2v) is 13.7. The third-order valence-electron chi connectivity index (χ3n) is 8.86. The van der Waals surface area contributed by atoms with Crippen molar-refractivity contribution < 1.29 is 33.8 Å². The van der Waals surface area contributed by atoms with Gasteiger partial charge in [-0.15, -0.1) is 0 Å². The molecule has 0 radical (unpaired) electrons. The van der Waals surface area contributed by atoms with Crippen LogP contribution in [0.3, 0.4) is 0 Å². The zero-order chi connectivity index (χ0) is 37.5. The smallest absolute Gasteiger partial charge is 0.408 e. The van der Waals surface area contributed by atoms with Crippen LogP contribution < -0.4 is 16.0 Å². The van der Waals surface area contributed by atoms with Gasteiger partial charge in [0.15, 0.2) is 0 Å². The number of amides is 3. The molecule has 12 nitrogen and oxygen atoms in total. The number of H-pyrrole nitrogens is 1. The second-order valence-electron chi connectivity index (χ2n) is 13.7. The molecule has 0 bridgehead atoms. The summed E-state index contributed by atoms with van der Waals surface area (Å²) in [5, 5.41) is 21.4. The number of nitrogens with zero attached hydrogens (tertiary/aromatic N) is 1. The van der Waals surface area contributed by atoms with Crippen LogP contribution in [0, 0.1) is 11.8 Å². The maximum absolute atomic E-state index is 14.1. The van der Waals surface area contributed by atoms with E-state index in [0.29, 0.717) is 12.1 Å². The van der Waals surface area contributed by atoms with Crippen molar-refractivity contribution in [2.24, 2.45) is 11.8 Å². The minimum Gasteiger partial charge on any atom is -0.465 e. The molecule has 0 saturated carbocycles. The number of alkyl carbamates (subject to hydrolysis) is 1. The molecule has 278 valence electrons. The van der Waals surface area contributed by atoms with Crippen molar-refractivity contribution in [2.45, 2.75) is 90.6 Å². The third-order valence-corrected chi connectivity index (χ3v) is 8.86. The molecule has 1 heterocycles. The van der Waals surface area contributed by atoms with Gasteiger partial charge in [-0.1, -0.05) is 107 Å². The van der Waals surface area contributed by atoms with E-state index < -0.39 is 48.1 Å². The summed E-state index contributed by atoms with van der Waals surface area (Å²) in [6.45, 7) is 8.10. The summed E-state index contributed by atoms with van der Waals surface area (Å²) in [5.41, 5.74) is 2.18. The predicted octanol–water partition coefficient (Wildman–Crippen LogP) is 5.00. The Hall–Kier alpha value is -5.23. The molecule has 3 unspecified atom stereocenters. The third kappa shape index (κ3) is 12.5. The van der Waals surface area contributed by atoms with Gasteiger partial charge in [0.2, 0.25) is 11.8 Å². The largest absolute Gasteiger partial charge is 0.465 e. The van der Waals surface area contributed by atoms with Crippen LogP contribution in [-0.2, 0) is 43.3 Å². The molecule has 5 N–H and O–H groups in total. The van der Waals surface area contributed by atoms with Crippen LogP contribution in [0.15, 0.2) is 85.3 Å². The van der Waals surface area contributed by atoms with Gasteiger partial charge in [-0.25, -0.2) is 9.78 Å². The van der Waals surface area contributed by atoms with Crippen molar-refractivity contribution in [3.8, 4) is 0 Å². The molecule has 0 aliphatic heterocycles. The van der Waals surface area contributed by atoms with Gasteiger partial charge in [0.05, 0.1) is 31.5 Å². The van der Waals surface area contributed by atoms with Gasteiger partial charge < -0.3 is 35.5 Å².